The third-order valence-corrected chi connectivity index (χ3v) is 6.89. The summed E-state index contributed by atoms with van der Waals surface area (Å²) in [5, 5.41) is 14.7. The Morgan fingerprint density at radius 3 is 2.41 bits per heavy atom. The molecule has 0 radical (unpaired) electrons. The molecule has 0 unspecified atom stereocenters. The zero-order valence-corrected chi connectivity index (χ0v) is 20.2. The van der Waals surface area contributed by atoms with Crippen molar-refractivity contribution in [1.82, 2.24) is 15.6 Å². The van der Waals surface area contributed by atoms with Gasteiger partial charge >= 0.3 is 0 Å². The molecule has 6 nitrogen and oxygen atoms in total. The average molecular weight is 467 g/mol. The minimum Gasteiger partial charge on any atom is -0.344 e. The van der Waals surface area contributed by atoms with Gasteiger partial charge in [0.25, 0.3) is 0 Å². The molecule has 1 aromatic carbocycles. The topological polar surface area (TPSA) is 94.9 Å². The number of rotatable bonds is 10. The van der Waals surface area contributed by atoms with Crippen molar-refractivity contribution >= 4 is 17.4 Å². The number of carbonyl (C=O) groups is 2. The molecule has 182 valence electrons. The maximum atomic E-state index is 13.6. The fourth-order valence-electron chi connectivity index (χ4n) is 4.67. The normalized spacial score (nSPS) is 16.9. The molecule has 3 rings (SSSR count). The van der Waals surface area contributed by atoms with E-state index in [0.29, 0.717) is 6.42 Å². The Morgan fingerprint density at radius 1 is 1.12 bits per heavy atom. The van der Waals surface area contributed by atoms with Gasteiger partial charge in [0, 0.05) is 23.9 Å². The molecule has 1 saturated carbocycles. The molecular weight excluding hydrogens is 431 g/mol. The number of benzene rings is 1. The summed E-state index contributed by atoms with van der Waals surface area (Å²) in [4.78, 5) is 30.6. The standard InChI is InChI=1S/C27H35FN4O2/c1-4-23(21-14-20(15-31-16-21)18-10-12-22(28)13-11-18)24(29)26(33)25(19-8-6-5-7-9-19)32-27(34)17(2)30-3/h10-17,19,23,25,29-30H,4-9H2,1-3H3,(H,32,34)/t17-,23-,25-/m0/s1. The van der Waals surface area contributed by atoms with Crippen molar-refractivity contribution in [2.75, 3.05) is 7.05 Å². The van der Waals surface area contributed by atoms with Crippen LogP contribution in [-0.4, -0.2) is 41.5 Å². The maximum absolute atomic E-state index is 13.6. The van der Waals surface area contributed by atoms with E-state index in [1.807, 2.05) is 13.0 Å². The second-order valence-electron chi connectivity index (χ2n) is 9.15. The van der Waals surface area contributed by atoms with E-state index in [1.54, 1.807) is 38.5 Å². The second-order valence-corrected chi connectivity index (χ2v) is 9.15. The van der Waals surface area contributed by atoms with Crippen molar-refractivity contribution in [3.05, 3.63) is 54.1 Å². The van der Waals surface area contributed by atoms with Gasteiger partial charge in [0.05, 0.1) is 17.8 Å². The average Bonchev–Trinajstić information content (AvgIpc) is 2.87. The van der Waals surface area contributed by atoms with Crippen LogP contribution < -0.4 is 10.6 Å². The number of halogens is 1. The molecule has 1 fully saturated rings. The first-order valence-electron chi connectivity index (χ1n) is 12.2. The highest BCUT2D eigenvalue weighted by atomic mass is 19.1. The van der Waals surface area contributed by atoms with Crippen LogP contribution in [0.15, 0.2) is 42.7 Å². The number of Topliss-reactive ketones (excluding diaryl/α,β-unsaturated/α-hetero) is 1. The van der Waals surface area contributed by atoms with Crippen LogP contribution in [0.1, 0.15) is 63.9 Å². The van der Waals surface area contributed by atoms with Gasteiger partial charge in [-0.15, -0.1) is 0 Å². The fraction of sp³-hybridized carbons (Fsp3) is 0.481. The first-order chi connectivity index (χ1) is 16.3. The van der Waals surface area contributed by atoms with Crippen LogP contribution in [0.5, 0.6) is 0 Å². The summed E-state index contributed by atoms with van der Waals surface area (Å²) in [6, 6.07) is 6.96. The Bertz CT molecular complexity index is 1000. The number of carbonyl (C=O) groups excluding carboxylic acids is 2. The minimum absolute atomic E-state index is 0.00598. The smallest absolute Gasteiger partial charge is 0.237 e. The van der Waals surface area contributed by atoms with Crippen LogP contribution in [0.2, 0.25) is 0 Å². The summed E-state index contributed by atoms with van der Waals surface area (Å²) in [5.41, 5.74) is 2.38. The Labute approximate surface area is 201 Å². The SMILES string of the molecule is CC[C@H](C(=N)C(=O)[C@@H](NC(=O)[C@H](C)NC)C1CCCCC1)c1cncc(-c2ccc(F)cc2)c1. The second kappa shape index (κ2) is 12.0. The summed E-state index contributed by atoms with van der Waals surface area (Å²) >= 11 is 0. The van der Waals surface area contributed by atoms with E-state index >= 15 is 0 Å². The summed E-state index contributed by atoms with van der Waals surface area (Å²) in [7, 11) is 1.71. The molecule has 1 heterocycles. The molecule has 1 aliphatic carbocycles. The third-order valence-electron chi connectivity index (χ3n) is 6.89. The predicted molar refractivity (Wildman–Crippen MR) is 132 cm³/mol. The van der Waals surface area contributed by atoms with E-state index < -0.39 is 18.0 Å². The molecule has 3 atom stereocenters. The zero-order valence-electron chi connectivity index (χ0n) is 20.2. The van der Waals surface area contributed by atoms with Crippen molar-refractivity contribution in [3.63, 3.8) is 0 Å². The zero-order chi connectivity index (χ0) is 24.7. The van der Waals surface area contributed by atoms with E-state index in [-0.39, 0.29) is 29.1 Å². The third kappa shape index (κ3) is 6.14. The molecule has 1 amide bonds. The summed E-state index contributed by atoms with van der Waals surface area (Å²) < 4.78 is 13.3. The Balaban J connectivity index is 1.86. The Kier molecular flexibility index (Phi) is 9.05. The Hall–Kier alpha value is -2.93. The number of ketones is 1. The number of aromatic nitrogens is 1. The van der Waals surface area contributed by atoms with E-state index in [1.165, 1.54) is 12.1 Å². The number of nitrogens with zero attached hydrogens (tertiary/aromatic N) is 1. The lowest BCUT2D eigenvalue weighted by atomic mass is 9.78. The molecule has 1 aromatic heterocycles. The van der Waals surface area contributed by atoms with Gasteiger partial charge in [0.1, 0.15) is 5.82 Å². The first-order valence-corrected chi connectivity index (χ1v) is 12.2. The molecule has 1 aliphatic rings. The predicted octanol–water partition coefficient (Wildman–Crippen LogP) is 4.64. The molecule has 0 bridgehead atoms. The van der Waals surface area contributed by atoms with Gasteiger partial charge in [0.2, 0.25) is 5.91 Å². The van der Waals surface area contributed by atoms with Gasteiger partial charge in [-0.3, -0.25) is 14.6 Å². The van der Waals surface area contributed by atoms with Gasteiger partial charge in [-0.1, -0.05) is 38.3 Å². The van der Waals surface area contributed by atoms with Gasteiger partial charge < -0.3 is 16.0 Å². The highest BCUT2D eigenvalue weighted by Crippen LogP contribution is 2.30. The lowest BCUT2D eigenvalue weighted by Crippen LogP contribution is -2.53. The van der Waals surface area contributed by atoms with Crippen molar-refractivity contribution in [1.29, 1.82) is 5.41 Å². The van der Waals surface area contributed by atoms with Gasteiger partial charge in [-0.2, -0.15) is 0 Å². The summed E-state index contributed by atoms with van der Waals surface area (Å²) in [6.07, 6.45) is 8.86. The van der Waals surface area contributed by atoms with E-state index in [2.05, 4.69) is 15.6 Å². The van der Waals surface area contributed by atoms with Crippen molar-refractivity contribution in [2.45, 2.75) is 70.4 Å². The van der Waals surface area contributed by atoms with E-state index in [4.69, 9.17) is 5.41 Å². The summed E-state index contributed by atoms with van der Waals surface area (Å²) in [5.74, 6) is -1.26. The van der Waals surface area contributed by atoms with Crippen LogP contribution in [0.25, 0.3) is 11.1 Å². The minimum atomic E-state index is -0.696. The number of likely N-dealkylation sites (N-methyl/N-ethyl adjacent to an activating group) is 1. The highest BCUT2D eigenvalue weighted by Gasteiger charge is 2.36. The lowest BCUT2D eigenvalue weighted by molar-refractivity contribution is -0.127. The molecule has 0 saturated heterocycles. The highest BCUT2D eigenvalue weighted by molar-refractivity contribution is 6.42. The number of hydrogen-bond acceptors (Lipinski definition) is 5. The first kappa shape index (κ1) is 25.7. The molecule has 2 aromatic rings. The van der Waals surface area contributed by atoms with Crippen LogP contribution >= 0.6 is 0 Å². The number of pyridine rings is 1. The van der Waals surface area contributed by atoms with E-state index in [9.17, 15) is 14.0 Å². The summed E-state index contributed by atoms with van der Waals surface area (Å²) in [6.45, 7) is 3.69. The van der Waals surface area contributed by atoms with Gasteiger partial charge in [0.15, 0.2) is 5.78 Å². The quantitative estimate of drug-likeness (QED) is 0.445. The van der Waals surface area contributed by atoms with Gasteiger partial charge in [-0.25, -0.2) is 4.39 Å². The molecule has 0 spiro atoms. The molecule has 3 N–H and O–H groups in total. The van der Waals surface area contributed by atoms with Crippen LogP contribution in [0, 0.1) is 17.1 Å². The molecule has 34 heavy (non-hydrogen) atoms. The van der Waals surface area contributed by atoms with Crippen molar-refractivity contribution in [3.8, 4) is 11.1 Å². The lowest BCUT2D eigenvalue weighted by Gasteiger charge is -2.32. The number of hydrogen-bond donors (Lipinski definition) is 3. The maximum Gasteiger partial charge on any atom is 0.237 e. The molecule has 7 heteroatoms. The van der Waals surface area contributed by atoms with Crippen LogP contribution in [-0.2, 0) is 9.59 Å². The number of amides is 1. The monoisotopic (exact) mass is 466 g/mol. The van der Waals surface area contributed by atoms with Crippen LogP contribution in [0.4, 0.5) is 4.39 Å². The van der Waals surface area contributed by atoms with Crippen LogP contribution in [0.3, 0.4) is 0 Å². The fourth-order valence-corrected chi connectivity index (χ4v) is 4.67. The Morgan fingerprint density at radius 2 is 1.79 bits per heavy atom. The van der Waals surface area contributed by atoms with Crippen molar-refractivity contribution < 1.29 is 14.0 Å². The van der Waals surface area contributed by atoms with Gasteiger partial charge in [-0.05, 0) is 68.5 Å². The van der Waals surface area contributed by atoms with E-state index in [0.717, 1.165) is 48.8 Å². The molecule has 0 aliphatic heterocycles. The largest absolute Gasteiger partial charge is 0.344 e. The van der Waals surface area contributed by atoms with Crippen molar-refractivity contribution in [2.24, 2.45) is 5.92 Å². The molecular formula is C27H35FN4O2. The number of nitrogens with one attached hydrogen (secondary N) is 3.